The number of hydrogen-bond acceptors (Lipinski definition) is 10. The van der Waals surface area contributed by atoms with Gasteiger partial charge in [0.1, 0.15) is 24.4 Å². The van der Waals surface area contributed by atoms with Crippen molar-refractivity contribution in [1.29, 1.82) is 0 Å². The topological polar surface area (TPSA) is 158 Å². The van der Waals surface area contributed by atoms with E-state index in [1.807, 2.05) is 6.07 Å². The molecule has 10 nitrogen and oxygen atoms in total. The van der Waals surface area contributed by atoms with Gasteiger partial charge >= 0.3 is 0 Å². The van der Waals surface area contributed by atoms with Crippen molar-refractivity contribution in [1.82, 2.24) is 0 Å². The average Bonchev–Trinajstić information content (AvgIpc) is 3.22. The highest BCUT2D eigenvalue weighted by molar-refractivity contribution is 5.55. The van der Waals surface area contributed by atoms with Gasteiger partial charge in [-0.25, -0.2) is 0 Å². The predicted octanol–water partition coefficient (Wildman–Crippen LogP) is 1.09. The maximum absolute atomic E-state index is 10.7. The first-order valence-corrected chi connectivity index (χ1v) is 11.6. The molecule has 2 aromatic rings. The summed E-state index contributed by atoms with van der Waals surface area (Å²) in [5.74, 6) is 0.00182. The van der Waals surface area contributed by atoms with E-state index in [1.54, 1.807) is 25.1 Å². The first-order valence-electron chi connectivity index (χ1n) is 11.6. The summed E-state index contributed by atoms with van der Waals surface area (Å²) in [5, 5.41) is 60.3. The Kier molecular flexibility index (Phi) is 7.70. The van der Waals surface area contributed by atoms with Crippen molar-refractivity contribution < 1.29 is 49.6 Å². The van der Waals surface area contributed by atoms with Gasteiger partial charge in [0, 0.05) is 12.2 Å². The Morgan fingerprint density at radius 3 is 2.46 bits per heavy atom. The third kappa shape index (κ3) is 5.04. The van der Waals surface area contributed by atoms with Crippen LogP contribution in [0.15, 0.2) is 30.3 Å². The molecule has 0 saturated carbocycles. The molecular weight excluding hydrogens is 460 g/mol. The highest BCUT2D eigenvalue weighted by Crippen LogP contribution is 2.51. The van der Waals surface area contributed by atoms with E-state index < -0.39 is 42.7 Å². The van der Waals surface area contributed by atoms with Gasteiger partial charge in [-0.2, -0.15) is 0 Å². The number of phenols is 2. The van der Waals surface area contributed by atoms with Gasteiger partial charge in [0.15, 0.2) is 29.3 Å². The summed E-state index contributed by atoms with van der Waals surface area (Å²) in [6, 6.07) is 8.28. The quantitative estimate of drug-likeness (QED) is 0.315. The minimum Gasteiger partial charge on any atom is -0.504 e. The molecule has 4 rings (SSSR count). The molecule has 1 saturated heterocycles. The summed E-state index contributed by atoms with van der Waals surface area (Å²) >= 11 is 0. The van der Waals surface area contributed by atoms with Crippen molar-refractivity contribution in [2.24, 2.45) is 0 Å². The number of fused-ring (bicyclic) bond motifs is 1. The zero-order chi connectivity index (χ0) is 25.3. The smallest absolute Gasteiger partial charge is 0.186 e. The molecule has 7 atom stereocenters. The Morgan fingerprint density at radius 1 is 0.971 bits per heavy atom. The van der Waals surface area contributed by atoms with Crippen LogP contribution in [-0.2, 0) is 15.9 Å². The predicted molar refractivity (Wildman–Crippen MR) is 123 cm³/mol. The van der Waals surface area contributed by atoms with Crippen molar-refractivity contribution in [3.63, 3.8) is 0 Å². The van der Waals surface area contributed by atoms with E-state index in [-0.39, 0.29) is 36.2 Å². The number of aryl methyl sites for hydroxylation is 1. The second-order valence-electron chi connectivity index (χ2n) is 8.95. The summed E-state index contributed by atoms with van der Waals surface area (Å²) in [6.45, 7) is 1.57. The van der Waals surface area contributed by atoms with Crippen LogP contribution in [-0.4, -0.2) is 81.7 Å². The molecule has 2 aliphatic rings. The lowest BCUT2D eigenvalue weighted by atomic mass is 9.90. The third-order valence-electron chi connectivity index (χ3n) is 6.57. The lowest BCUT2D eigenvalue weighted by molar-refractivity contribution is -0.294. The zero-order valence-corrected chi connectivity index (χ0v) is 19.6. The SMILES string of the molecule is COc1cc(C2Oc3c(O)cc(CCCO)cc3C2CO[C@@H]2O[C@H](C)[C@H](O)[C@@H](O)[C@H]2O)ccc1O. The fourth-order valence-corrected chi connectivity index (χ4v) is 4.60. The van der Waals surface area contributed by atoms with Gasteiger partial charge in [0.25, 0.3) is 0 Å². The van der Waals surface area contributed by atoms with Crippen molar-refractivity contribution >= 4 is 0 Å². The number of benzene rings is 2. The van der Waals surface area contributed by atoms with E-state index in [0.29, 0.717) is 24.0 Å². The molecule has 0 aromatic heterocycles. The second-order valence-corrected chi connectivity index (χ2v) is 8.95. The van der Waals surface area contributed by atoms with Crippen molar-refractivity contribution in [2.45, 2.75) is 62.5 Å². The molecule has 192 valence electrons. The molecule has 1 fully saturated rings. The fourth-order valence-electron chi connectivity index (χ4n) is 4.60. The molecule has 0 spiro atoms. The van der Waals surface area contributed by atoms with Crippen LogP contribution in [0.5, 0.6) is 23.0 Å². The molecule has 0 aliphatic carbocycles. The molecule has 0 radical (unpaired) electrons. The number of rotatable bonds is 8. The van der Waals surface area contributed by atoms with Crippen LogP contribution in [0, 0.1) is 0 Å². The average molecular weight is 493 g/mol. The minimum absolute atomic E-state index is 0.0129. The van der Waals surface area contributed by atoms with E-state index in [9.17, 15) is 30.6 Å². The molecule has 0 bridgehead atoms. The lowest BCUT2D eigenvalue weighted by Gasteiger charge is -2.39. The maximum atomic E-state index is 10.7. The van der Waals surface area contributed by atoms with Gasteiger partial charge < -0.3 is 49.6 Å². The Bertz CT molecular complexity index is 1030. The van der Waals surface area contributed by atoms with Crippen molar-refractivity contribution in [3.8, 4) is 23.0 Å². The molecule has 6 N–H and O–H groups in total. The summed E-state index contributed by atoms with van der Waals surface area (Å²) in [6.07, 6.45) is -5.63. The molecule has 0 amide bonds. The number of phenolic OH excluding ortho intramolecular Hbond substituents is 2. The van der Waals surface area contributed by atoms with Gasteiger partial charge in [-0.15, -0.1) is 0 Å². The zero-order valence-electron chi connectivity index (χ0n) is 19.6. The molecule has 2 heterocycles. The fraction of sp³-hybridized carbons (Fsp3) is 0.520. The maximum Gasteiger partial charge on any atom is 0.186 e. The Hall–Kier alpha value is -2.60. The largest absolute Gasteiger partial charge is 0.504 e. The van der Waals surface area contributed by atoms with Gasteiger partial charge in [0.2, 0.25) is 0 Å². The molecule has 35 heavy (non-hydrogen) atoms. The summed E-state index contributed by atoms with van der Waals surface area (Å²) in [7, 11) is 1.44. The van der Waals surface area contributed by atoms with E-state index in [2.05, 4.69) is 0 Å². The molecule has 10 heteroatoms. The first kappa shape index (κ1) is 25.5. The van der Waals surface area contributed by atoms with Crippen LogP contribution in [0.3, 0.4) is 0 Å². The summed E-state index contributed by atoms with van der Waals surface area (Å²) in [4.78, 5) is 0. The molecule has 2 aromatic carbocycles. The van der Waals surface area contributed by atoms with Gasteiger partial charge in [-0.3, -0.25) is 0 Å². The standard InChI is InChI=1S/C25H32O10/c1-12-20(29)21(30)22(31)25(34-12)33-11-16-15-8-13(4-3-7-26)9-18(28)24(15)35-23(16)14-5-6-17(27)19(10-14)32-2/h5-6,8-10,12,16,20-23,25-31H,3-4,7,11H2,1-2H3/t12-,16?,20+,21-,22-,23?,25-/m1/s1. The number of methoxy groups -OCH3 is 1. The number of ether oxygens (including phenoxy) is 4. The minimum atomic E-state index is -1.46. The number of aromatic hydroxyl groups is 2. The van der Waals surface area contributed by atoms with Crippen molar-refractivity contribution in [2.75, 3.05) is 20.3 Å². The van der Waals surface area contributed by atoms with Crippen LogP contribution >= 0.6 is 0 Å². The van der Waals surface area contributed by atoms with Gasteiger partial charge in [-0.05, 0) is 49.1 Å². The third-order valence-corrected chi connectivity index (χ3v) is 6.57. The van der Waals surface area contributed by atoms with Crippen LogP contribution < -0.4 is 9.47 Å². The highest BCUT2D eigenvalue weighted by atomic mass is 16.7. The normalized spacial score (nSPS) is 30.1. The summed E-state index contributed by atoms with van der Waals surface area (Å²) in [5.41, 5.74) is 2.15. The first-order chi connectivity index (χ1) is 16.7. The lowest BCUT2D eigenvalue weighted by Crippen LogP contribution is -2.57. The van der Waals surface area contributed by atoms with Crippen LogP contribution in [0.4, 0.5) is 0 Å². The number of hydrogen-bond donors (Lipinski definition) is 6. The Labute approximate surface area is 202 Å². The molecule has 2 unspecified atom stereocenters. The van der Waals surface area contributed by atoms with Crippen LogP contribution in [0.25, 0.3) is 0 Å². The van der Waals surface area contributed by atoms with E-state index in [1.165, 1.54) is 13.2 Å². The van der Waals surface area contributed by atoms with E-state index >= 15 is 0 Å². The van der Waals surface area contributed by atoms with E-state index in [4.69, 9.17) is 18.9 Å². The van der Waals surface area contributed by atoms with E-state index in [0.717, 1.165) is 5.56 Å². The Balaban J connectivity index is 1.65. The molecule has 2 aliphatic heterocycles. The van der Waals surface area contributed by atoms with Crippen LogP contribution in [0.2, 0.25) is 0 Å². The number of aliphatic hydroxyl groups excluding tert-OH is 4. The Morgan fingerprint density at radius 2 is 1.74 bits per heavy atom. The second kappa shape index (κ2) is 10.6. The van der Waals surface area contributed by atoms with Crippen LogP contribution in [0.1, 0.15) is 42.1 Å². The monoisotopic (exact) mass is 492 g/mol. The number of aliphatic hydroxyl groups is 4. The highest BCUT2D eigenvalue weighted by Gasteiger charge is 2.44. The summed E-state index contributed by atoms with van der Waals surface area (Å²) < 4.78 is 22.8. The van der Waals surface area contributed by atoms with Gasteiger partial charge in [-0.1, -0.05) is 12.1 Å². The molecular formula is C25H32O10. The van der Waals surface area contributed by atoms with Crippen molar-refractivity contribution in [3.05, 3.63) is 47.0 Å². The van der Waals surface area contributed by atoms with Gasteiger partial charge in [0.05, 0.1) is 25.7 Å².